The Kier molecular flexibility index (Phi) is 5.41. The molecular weight excluding hydrogens is 408 g/mol. The number of halogens is 1. The summed E-state index contributed by atoms with van der Waals surface area (Å²) in [6.45, 7) is 3.49. The van der Waals surface area contributed by atoms with Crippen molar-refractivity contribution in [3.8, 4) is 5.75 Å². The minimum atomic E-state index is -3.30. The van der Waals surface area contributed by atoms with E-state index in [0.29, 0.717) is 26.1 Å². The Balaban J connectivity index is 1.73. The van der Waals surface area contributed by atoms with Crippen molar-refractivity contribution in [2.45, 2.75) is 24.8 Å². The van der Waals surface area contributed by atoms with Crippen LogP contribution in [0, 0.1) is 6.92 Å². The zero-order chi connectivity index (χ0) is 19.8. The van der Waals surface area contributed by atoms with E-state index >= 15 is 0 Å². The van der Waals surface area contributed by atoms with Gasteiger partial charge in [0.1, 0.15) is 5.75 Å². The van der Waals surface area contributed by atoms with E-state index in [9.17, 15) is 13.2 Å². The van der Waals surface area contributed by atoms with Crippen molar-refractivity contribution in [3.63, 3.8) is 0 Å². The fourth-order valence-electron chi connectivity index (χ4n) is 2.34. The summed E-state index contributed by atoms with van der Waals surface area (Å²) in [5.41, 5.74) is 1.47. The Morgan fingerprint density at radius 2 is 2.00 bits per heavy atom. The van der Waals surface area contributed by atoms with Crippen molar-refractivity contribution < 1.29 is 17.9 Å². The SMILES string of the molecule is Cc1cc(O[C@H](C)C(=O)Nc2nc3ccc(S(C)(=O)=O)cc3s2)ccc1Cl. The lowest BCUT2D eigenvalue weighted by molar-refractivity contribution is -0.122. The number of benzene rings is 2. The first-order chi connectivity index (χ1) is 12.6. The standard InChI is InChI=1S/C18H17ClN2O4S2/c1-10-8-12(4-6-14(10)19)25-11(2)17(22)21-18-20-15-7-5-13(27(3,23)24)9-16(15)26-18/h4-9,11H,1-3H3,(H,20,21,22)/t11-/m1/s1. The molecule has 27 heavy (non-hydrogen) atoms. The molecular formula is C18H17ClN2O4S2. The molecule has 3 aromatic rings. The first-order valence-electron chi connectivity index (χ1n) is 7.98. The molecule has 1 amide bonds. The average molecular weight is 425 g/mol. The molecule has 0 radical (unpaired) electrons. The van der Waals surface area contributed by atoms with Crippen LogP contribution in [0.3, 0.4) is 0 Å². The number of carbonyl (C=O) groups is 1. The van der Waals surface area contributed by atoms with Gasteiger partial charge in [0.15, 0.2) is 21.1 Å². The number of hydrogen-bond donors (Lipinski definition) is 1. The van der Waals surface area contributed by atoms with Crippen LogP contribution >= 0.6 is 22.9 Å². The lowest BCUT2D eigenvalue weighted by atomic mass is 10.2. The third-order valence-electron chi connectivity index (χ3n) is 3.83. The Labute approximate surface area is 166 Å². The summed E-state index contributed by atoms with van der Waals surface area (Å²) in [5.74, 6) is 0.187. The number of carbonyl (C=O) groups excluding carboxylic acids is 1. The molecule has 0 saturated carbocycles. The van der Waals surface area contributed by atoms with Crippen molar-refractivity contribution in [2.24, 2.45) is 0 Å². The van der Waals surface area contributed by atoms with E-state index in [4.69, 9.17) is 16.3 Å². The van der Waals surface area contributed by atoms with Crippen molar-refractivity contribution in [1.82, 2.24) is 4.98 Å². The lowest BCUT2D eigenvalue weighted by Gasteiger charge is -2.14. The normalized spacial score (nSPS) is 12.7. The third kappa shape index (κ3) is 4.58. The van der Waals surface area contributed by atoms with Crippen molar-refractivity contribution >= 4 is 54.0 Å². The minimum absolute atomic E-state index is 0.214. The second-order valence-electron chi connectivity index (χ2n) is 6.08. The van der Waals surface area contributed by atoms with E-state index in [1.165, 1.54) is 17.4 Å². The molecule has 1 N–H and O–H groups in total. The van der Waals surface area contributed by atoms with Gasteiger partial charge in [-0.25, -0.2) is 13.4 Å². The van der Waals surface area contributed by atoms with Gasteiger partial charge in [-0.1, -0.05) is 22.9 Å². The molecule has 0 spiro atoms. The first-order valence-corrected chi connectivity index (χ1v) is 11.1. The predicted octanol–water partition coefficient (Wildman–Crippen LogP) is 4.07. The fraction of sp³-hybridized carbons (Fsp3) is 0.222. The van der Waals surface area contributed by atoms with Crippen LogP contribution in [0.15, 0.2) is 41.3 Å². The highest BCUT2D eigenvalue weighted by Gasteiger charge is 2.18. The van der Waals surface area contributed by atoms with Gasteiger partial charge in [-0.15, -0.1) is 0 Å². The smallest absolute Gasteiger partial charge is 0.266 e. The maximum absolute atomic E-state index is 12.4. The van der Waals surface area contributed by atoms with Crippen molar-refractivity contribution in [3.05, 3.63) is 47.0 Å². The van der Waals surface area contributed by atoms with Crippen LogP contribution in [-0.2, 0) is 14.6 Å². The Morgan fingerprint density at radius 3 is 2.67 bits per heavy atom. The van der Waals surface area contributed by atoms with Gasteiger partial charge in [0.2, 0.25) is 0 Å². The highest BCUT2D eigenvalue weighted by molar-refractivity contribution is 7.90. The number of aryl methyl sites for hydroxylation is 1. The van der Waals surface area contributed by atoms with Crippen LogP contribution in [0.25, 0.3) is 10.2 Å². The van der Waals surface area contributed by atoms with Gasteiger partial charge in [0.25, 0.3) is 5.91 Å². The summed E-state index contributed by atoms with van der Waals surface area (Å²) >= 11 is 7.19. The largest absolute Gasteiger partial charge is 0.481 e. The van der Waals surface area contributed by atoms with Gasteiger partial charge >= 0.3 is 0 Å². The Morgan fingerprint density at radius 1 is 1.26 bits per heavy atom. The van der Waals surface area contributed by atoms with Crippen LogP contribution in [-0.4, -0.2) is 31.7 Å². The number of anilines is 1. The van der Waals surface area contributed by atoms with Gasteiger partial charge in [0.05, 0.1) is 15.1 Å². The number of ether oxygens (including phenoxy) is 1. The fourth-order valence-corrected chi connectivity index (χ4v) is 4.09. The zero-order valence-electron chi connectivity index (χ0n) is 14.8. The molecule has 142 valence electrons. The number of amides is 1. The number of rotatable bonds is 5. The molecule has 9 heteroatoms. The molecule has 6 nitrogen and oxygen atoms in total. The molecule has 0 aliphatic heterocycles. The zero-order valence-corrected chi connectivity index (χ0v) is 17.2. The molecule has 3 rings (SSSR count). The van der Waals surface area contributed by atoms with E-state index in [0.717, 1.165) is 11.8 Å². The molecule has 0 aliphatic carbocycles. The van der Waals surface area contributed by atoms with E-state index in [2.05, 4.69) is 10.3 Å². The summed E-state index contributed by atoms with van der Waals surface area (Å²) in [7, 11) is -3.30. The monoisotopic (exact) mass is 424 g/mol. The van der Waals surface area contributed by atoms with Crippen molar-refractivity contribution in [1.29, 1.82) is 0 Å². The predicted molar refractivity (Wildman–Crippen MR) is 108 cm³/mol. The highest BCUT2D eigenvalue weighted by Crippen LogP contribution is 2.28. The molecule has 1 atom stereocenters. The number of hydrogen-bond acceptors (Lipinski definition) is 6. The molecule has 1 aromatic heterocycles. The maximum atomic E-state index is 12.4. The van der Waals surface area contributed by atoms with Gasteiger partial charge in [-0.3, -0.25) is 10.1 Å². The summed E-state index contributed by atoms with van der Waals surface area (Å²) < 4.78 is 29.6. The van der Waals surface area contributed by atoms with E-state index < -0.39 is 15.9 Å². The van der Waals surface area contributed by atoms with Crippen molar-refractivity contribution in [2.75, 3.05) is 11.6 Å². The summed E-state index contributed by atoms with van der Waals surface area (Å²) in [5, 5.41) is 3.71. The Hall–Kier alpha value is -2.16. The number of fused-ring (bicyclic) bond motifs is 1. The molecule has 0 aliphatic rings. The average Bonchev–Trinajstić information content (AvgIpc) is 2.98. The number of sulfone groups is 1. The molecule has 0 saturated heterocycles. The van der Waals surface area contributed by atoms with Crippen LogP contribution < -0.4 is 10.1 Å². The number of thiazole rings is 1. The molecule has 0 fully saturated rings. The summed E-state index contributed by atoms with van der Waals surface area (Å²) in [6.07, 6.45) is 0.402. The van der Waals surface area contributed by atoms with Crippen LogP contribution in [0.1, 0.15) is 12.5 Å². The second-order valence-corrected chi connectivity index (χ2v) is 9.53. The summed E-state index contributed by atoms with van der Waals surface area (Å²) in [4.78, 5) is 16.9. The third-order valence-corrected chi connectivity index (χ3v) is 6.30. The van der Waals surface area contributed by atoms with E-state index in [1.54, 1.807) is 37.3 Å². The van der Waals surface area contributed by atoms with Crippen LogP contribution in [0.4, 0.5) is 5.13 Å². The highest BCUT2D eigenvalue weighted by atomic mass is 35.5. The number of nitrogens with one attached hydrogen (secondary N) is 1. The summed E-state index contributed by atoms with van der Waals surface area (Å²) in [6, 6.07) is 9.84. The van der Waals surface area contributed by atoms with Gasteiger partial charge < -0.3 is 4.74 Å². The Bertz CT molecular complexity index is 1130. The van der Waals surface area contributed by atoms with Gasteiger partial charge in [0, 0.05) is 11.3 Å². The van der Waals surface area contributed by atoms with E-state index in [1.807, 2.05) is 6.92 Å². The van der Waals surface area contributed by atoms with E-state index in [-0.39, 0.29) is 10.8 Å². The molecule has 2 aromatic carbocycles. The van der Waals surface area contributed by atoms with Gasteiger partial charge in [-0.05, 0) is 55.8 Å². The second kappa shape index (κ2) is 7.46. The topological polar surface area (TPSA) is 85.4 Å². The molecule has 1 heterocycles. The van der Waals surface area contributed by atoms with Gasteiger partial charge in [-0.2, -0.15) is 0 Å². The number of aromatic nitrogens is 1. The quantitative estimate of drug-likeness (QED) is 0.667. The minimum Gasteiger partial charge on any atom is -0.481 e. The molecule has 0 unspecified atom stereocenters. The first kappa shape index (κ1) is 19.6. The van der Waals surface area contributed by atoms with Crippen LogP contribution in [0.2, 0.25) is 5.02 Å². The lowest BCUT2D eigenvalue weighted by Crippen LogP contribution is -2.30. The number of nitrogens with zero attached hydrogens (tertiary/aromatic N) is 1. The molecule has 0 bridgehead atoms. The maximum Gasteiger partial charge on any atom is 0.266 e. The van der Waals surface area contributed by atoms with Crippen LogP contribution in [0.5, 0.6) is 5.75 Å².